The molecule has 1 atom stereocenters. The molecule has 1 saturated carbocycles. The van der Waals surface area contributed by atoms with Gasteiger partial charge in [-0.2, -0.15) is 0 Å². The number of nitrogens with one attached hydrogen (secondary N) is 1. The number of amides is 1. The summed E-state index contributed by atoms with van der Waals surface area (Å²) in [6.07, 6.45) is 3.87. The van der Waals surface area contributed by atoms with E-state index in [9.17, 15) is 9.59 Å². The van der Waals surface area contributed by atoms with E-state index in [1.54, 1.807) is 18.3 Å². The SMILES string of the molecule is NCC(NC(=O)Cn1ccccc1=O)C1CC1. The predicted molar refractivity (Wildman–Crippen MR) is 64.4 cm³/mol. The van der Waals surface area contributed by atoms with Gasteiger partial charge in [-0.05, 0) is 24.8 Å². The Hall–Kier alpha value is -1.62. The molecule has 0 saturated heterocycles. The van der Waals surface area contributed by atoms with Gasteiger partial charge in [0.2, 0.25) is 5.91 Å². The monoisotopic (exact) mass is 235 g/mol. The minimum absolute atomic E-state index is 0.0573. The fourth-order valence-corrected chi connectivity index (χ4v) is 1.87. The Bertz CT molecular complexity index is 451. The molecule has 1 unspecified atom stereocenters. The maximum Gasteiger partial charge on any atom is 0.250 e. The molecule has 92 valence electrons. The van der Waals surface area contributed by atoms with E-state index in [0.29, 0.717) is 12.5 Å². The Morgan fingerprint density at radius 3 is 2.88 bits per heavy atom. The number of carbonyl (C=O) groups is 1. The van der Waals surface area contributed by atoms with Gasteiger partial charge in [0.15, 0.2) is 0 Å². The van der Waals surface area contributed by atoms with Crippen molar-refractivity contribution in [3.8, 4) is 0 Å². The second-order valence-electron chi connectivity index (χ2n) is 4.41. The molecule has 1 aromatic rings. The van der Waals surface area contributed by atoms with Crippen LogP contribution in [-0.4, -0.2) is 23.1 Å². The zero-order chi connectivity index (χ0) is 12.3. The number of carbonyl (C=O) groups excluding carboxylic acids is 1. The number of nitrogens with zero attached hydrogens (tertiary/aromatic N) is 1. The van der Waals surface area contributed by atoms with Crippen LogP contribution in [0.3, 0.4) is 0 Å². The van der Waals surface area contributed by atoms with Crippen LogP contribution in [0.1, 0.15) is 12.8 Å². The van der Waals surface area contributed by atoms with Crippen molar-refractivity contribution in [2.45, 2.75) is 25.4 Å². The number of hydrogen-bond acceptors (Lipinski definition) is 3. The van der Waals surface area contributed by atoms with Gasteiger partial charge in [-0.15, -0.1) is 0 Å². The number of nitrogens with two attached hydrogens (primary N) is 1. The molecule has 1 heterocycles. The highest BCUT2D eigenvalue weighted by Crippen LogP contribution is 2.32. The fourth-order valence-electron chi connectivity index (χ4n) is 1.87. The van der Waals surface area contributed by atoms with Gasteiger partial charge in [-0.3, -0.25) is 9.59 Å². The normalized spacial score (nSPS) is 16.5. The highest BCUT2D eigenvalue weighted by atomic mass is 16.2. The van der Waals surface area contributed by atoms with Gasteiger partial charge in [0, 0.05) is 24.8 Å². The summed E-state index contributed by atoms with van der Waals surface area (Å²) in [5.74, 6) is 0.372. The molecular weight excluding hydrogens is 218 g/mol. The van der Waals surface area contributed by atoms with Gasteiger partial charge < -0.3 is 15.6 Å². The van der Waals surface area contributed by atoms with Crippen LogP contribution in [-0.2, 0) is 11.3 Å². The first-order valence-electron chi connectivity index (χ1n) is 5.85. The highest BCUT2D eigenvalue weighted by molar-refractivity contribution is 5.76. The van der Waals surface area contributed by atoms with Crippen molar-refractivity contribution in [3.05, 3.63) is 34.7 Å². The van der Waals surface area contributed by atoms with Gasteiger partial charge in [-0.1, -0.05) is 6.07 Å². The minimum atomic E-state index is -0.168. The first-order chi connectivity index (χ1) is 8.20. The molecule has 1 aliphatic rings. The summed E-state index contributed by atoms with van der Waals surface area (Å²) < 4.78 is 1.38. The average molecular weight is 235 g/mol. The molecule has 0 radical (unpaired) electrons. The van der Waals surface area contributed by atoms with Crippen molar-refractivity contribution in [1.82, 2.24) is 9.88 Å². The van der Waals surface area contributed by atoms with Crippen LogP contribution in [0, 0.1) is 5.92 Å². The molecule has 0 aliphatic heterocycles. The third-order valence-corrected chi connectivity index (χ3v) is 3.00. The average Bonchev–Trinajstić information content (AvgIpc) is 3.13. The standard InChI is InChI=1S/C12H17N3O2/c13-7-10(9-4-5-9)14-11(16)8-15-6-2-1-3-12(15)17/h1-3,6,9-10H,4-5,7-8,13H2,(H,14,16). The summed E-state index contributed by atoms with van der Waals surface area (Å²) in [6.45, 7) is 0.517. The summed E-state index contributed by atoms with van der Waals surface area (Å²) in [5.41, 5.74) is 5.43. The molecule has 17 heavy (non-hydrogen) atoms. The smallest absolute Gasteiger partial charge is 0.250 e. The summed E-state index contributed by atoms with van der Waals surface area (Å²) in [6, 6.07) is 4.88. The highest BCUT2D eigenvalue weighted by Gasteiger charge is 2.31. The number of hydrogen-bond donors (Lipinski definition) is 2. The Labute approximate surface area is 99.6 Å². The molecule has 0 spiro atoms. The van der Waals surface area contributed by atoms with Crippen molar-refractivity contribution in [2.24, 2.45) is 11.7 Å². The Morgan fingerprint density at radius 1 is 1.53 bits per heavy atom. The topological polar surface area (TPSA) is 77.1 Å². The van der Waals surface area contributed by atoms with E-state index < -0.39 is 0 Å². The van der Waals surface area contributed by atoms with Gasteiger partial charge in [0.1, 0.15) is 6.54 Å². The Morgan fingerprint density at radius 2 is 2.29 bits per heavy atom. The quantitative estimate of drug-likeness (QED) is 0.735. The van der Waals surface area contributed by atoms with Gasteiger partial charge >= 0.3 is 0 Å². The second kappa shape index (κ2) is 5.14. The molecule has 2 rings (SSSR count). The lowest BCUT2D eigenvalue weighted by molar-refractivity contribution is -0.122. The van der Waals surface area contributed by atoms with Crippen LogP contribution >= 0.6 is 0 Å². The number of pyridine rings is 1. The van der Waals surface area contributed by atoms with Crippen molar-refractivity contribution >= 4 is 5.91 Å². The van der Waals surface area contributed by atoms with Crippen LogP contribution < -0.4 is 16.6 Å². The van der Waals surface area contributed by atoms with Gasteiger partial charge in [-0.25, -0.2) is 0 Å². The molecule has 1 aliphatic carbocycles. The number of aromatic nitrogens is 1. The molecule has 1 amide bonds. The fraction of sp³-hybridized carbons (Fsp3) is 0.500. The zero-order valence-corrected chi connectivity index (χ0v) is 9.63. The number of rotatable bonds is 5. The largest absolute Gasteiger partial charge is 0.350 e. The van der Waals surface area contributed by atoms with E-state index in [0.717, 1.165) is 12.8 Å². The zero-order valence-electron chi connectivity index (χ0n) is 9.63. The maximum atomic E-state index is 11.7. The lowest BCUT2D eigenvalue weighted by Crippen LogP contribution is -2.44. The third kappa shape index (κ3) is 3.17. The summed E-state index contributed by atoms with van der Waals surface area (Å²) in [7, 11) is 0. The third-order valence-electron chi connectivity index (χ3n) is 3.00. The minimum Gasteiger partial charge on any atom is -0.350 e. The Kier molecular flexibility index (Phi) is 3.58. The van der Waals surface area contributed by atoms with Gasteiger partial charge in [0.25, 0.3) is 5.56 Å². The van der Waals surface area contributed by atoms with E-state index in [4.69, 9.17) is 5.73 Å². The summed E-state index contributed by atoms with van der Waals surface area (Å²) in [5, 5.41) is 2.88. The van der Waals surface area contributed by atoms with Crippen LogP contribution in [0.25, 0.3) is 0 Å². The van der Waals surface area contributed by atoms with Crippen LogP contribution in [0.4, 0.5) is 0 Å². The summed E-state index contributed by atoms with van der Waals surface area (Å²) in [4.78, 5) is 23.2. The molecular formula is C12H17N3O2. The van der Waals surface area contributed by atoms with Crippen LogP contribution in [0.5, 0.6) is 0 Å². The van der Waals surface area contributed by atoms with Crippen molar-refractivity contribution in [2.75, 3.05) is 6.54 Å². The lowest BCUT2D eigenvalue weighted by Gasteiger charge is -2.16. The lowest BCUT2D eigenvalue weighted by atomic mass is 10.2. The van der Waals surface area contributed by atoms with Crippen LogP contribution in [0.15, 0.2) is 29.2 Å². The molecule has 1 fully saturated rings. The predicted octanol–water partition coefficient (Wildman–Crippen LogP) is -0.298. The van der Waals surface area contributed by atoms with E-state index >= 15 is 0 Å². The molecule has 3 N–H and O–H groups in total. The maximum absolute atomic E-state index is 11.7. The molecule has 0 aromatic carbocycles. The van der Waals surface area contributed by atoms with E-state index in [1.165, 1.54) is 10.6 Å². The Balaban J connectivity index is 1.92. The molecule has 5 nitrogen and oxygen atoms in total. The first-order valence-corrected chi connectivity index (χ1v) is 5.85. The van der Waals surface area contributed by atoms with Crippen molar-refractivity contribution < 1.29 is 4.79 Å². The molecule has 5 heteroatoms. The van der Waals surface area contributed by atoms with E-state index in [2.05, 4.69) is 5.32 Å². The molecule has 0 bridgehead atoms. The van der Waals surface area contributed by atoms with Crippen LogP contribution in [0.2, 0.25) is 0 Å². The van der Waals surface area contributed by atoms with Crippen molar-refractivity contribution in [3.63, 3.8) is 0 Å². The van der Waals surface area contributed by atoms with E-state index in [1.807, 2.05) is 0 Å². The molecule has 1 aromatic heterocycles. The van der Waals surface area contributed by atoms with Gasteiger partial charge in [0.05, 0.1) is 0 Å². The van der Waals surface area contributed by atoms with E-state index in [-0.39, 0.29) is 24.1 Å². The van der Waals surface area contributed by atoms with Crippen molar-refractivity contribution in [1.29, 1.82) is 0 Å². The second-order valence-corrected chi connectivity index (χ2v) is 4.41. The first kappa shape index (κ1) is 11.9. The summed E-state index contributed by atoms with van der Waals surface area (Å²) >= 11 is 0.